The van der Waals surface area contributed by atoms with Crippen molar-refractivity contribution in [3.8, 4) is 5.75 Å². The number of pyridine rings is 1. The van der Waals surface area contributed by atoms with E-state index in [1.807, 2.05) is 0 Å². The second-order valence-corrected chi connectivity index (χ2v) is 10.6. The van der Waals surface area contributed by atoms with E-state index in [1.165, 1.54) is 45.4 Å². The van der Waals surface area contributed by atoms with Crippen molar-refractivity contribution in [1.29, 1.82) is 4.78 Å². The highest BCUT2D eigenvalue weighted by atomic mass is 32.2. The number of aromatic nitrogens is 1. The SMILES string of the molecule is COc1c([C@H]2[C@H](C(=O)Nc3ccnc([S@](C)(=N)=O)c3)O[C@@](C)(C(F)(F)F)[C@H]2C)ccc(F)c1C. The summed E-state index contributed by atoms with van der Waals surface area (Å²) in [5, 5.41) is 2.38. The van der Waals surface area contributed by atoms with Gasteiger partial charge in [-0.05, 0) is 32.0 Å². The predicted octanol–water partition coefficient (Wildman–Crippen LogP) is 4.65. The number of carbonyl (C=O) groups is 1. The Morgan fingerprint density at radius 3 is 2.53 bits per heavy atom. The summed E-state index contributed by atoms with van der Waals surface area (Å²) in [7, 11) is -1.92. The van der Waals surface area contributed by atoms with Gasteiger partial charge >= 0.3 is 6.18 Å². The Kier molecular flexibility index (Phi) is 6.70. The van der Waals surface area contributed by atoms with Gasteiger partial charge in [-0.1, -0.05) is 13.0 Å². The molecule has 0 spiro atoms. The zero-order chi connectivity index (χ0) is 25.6. The zero-order valence-electron chi connectivity index (χ0n) is 19.1. The van der Waals surface area contributed by atoms with E-state index in [0.29, 0.717) is 0 Å². The van der Waals surface area contributed by atoms with Crippen molar-refractivity contribution in [2.75, 3.05) is 18.7 Å². The lowest BCUT2D eigenvalue weighted by atomic mass is 9.76. The third-order valence-electron chi connectivity index (χ3n) is 6.26. The molecule has 1 saturated heterocycles. The van der Waals surface area contributed by atoms with Crippen molar-refractivity contribution < 1.29 is 36.0 Å². The first kappa shape index (κ1) is 25.9. The average molecular weight is 504 g/mol. The summed E-state index contributed by atoms with van der Waals surface area (Å²) in [4.78, 5) is 17.1. The van der Waals surface area contributed by atoms with E-state index >= 15 is 0 Å². The molecule has 2 aromatic rings. The maximum atomic E-state index is 14.1. The minimum absolute atomic E-state index is 0.0378. The summed E-state index contributed by atoms with van der Waals surface area (Å²) in [6.45, 7) is 3.62. The van der Waals surface area contributed by atoms with Gasteiger partial charge in [-0.25, -0.2) is 18.4 Å². The number of hydrogen-bond donors (Lipinski definition) is 2. The lowest BCUT2D eigenvalue weighted by Gasteiger charge is -2.32. The van der Waals surface area contributed by atoms with Crippen LogP contribution in [0.3, 0.4) is 0 Å². The minimum Gasteiger partial charge on any atom is -0.496 e. The Labute approximate surface area is 194 Å². The monoisotopic (exact) mass is 503 g/mol. The molecule has 3 rings (SSSR count). The van der Waals surface area contributed by atoms with Crippen molar-refractivity contribution in [3.05, 3.63) is 47.4 Å². The average Bonchev–Trinajstić information content (AvgIpc) is 3.01. The first-order chi connectivity index (χ1) is 15.6. The fraction of sp³-hybridized carbons (Fsp3) is 0.455. The Hall–Kier alpha value is -2.73. The summed E-state index contributed by atoms with van der Waals surface area (Å²) < 4.78 is 86.6. The Bertz CT molecular complexity index is 1220. The summed E-state index contributed by atoms with van der Waals surface area (Å²) in [6, 6.07) is 4.97. The molecule has 1 fully saturated rings. The molecule has 0 unspecified atom stereocenters. The molecular weight excluding hydrogens is 478 g/mol. The van der Waals surface area contributed by atoms with E-state index in [1.54, 1.807) is 0 Å². The molecule has 12 heteroatoms. The summed E-state index contributed by atoms with van der Waals surface area (Å²) in [6.07, 6.45) is -4.04. The van der Waals surface area contributed by atoms with Gasteiger partial charge in [0.05, 0.1) is 16.8 Å². The van der Waals surface area contributed by atoms with Crippen LogP contribution in [0.25, 0.3) is 0 Å². The smallest absolute Gasteiger partial charge is 0.417 e. The zero-order valence-corrected chi connectivity index (χ0v) is 19.9. The first-order valence-electron chi connectivity index (χ1n) is 10.2. The van der Waals surface area contributed by atoms with Crippen LogP contribution in [0.5, 0.6) is 5.75 Å². The van der Waals surface area contributed by atoms with Crippen LogP contribution in [0.4, 0.5) is 23.2 Å². The molecule has 0 radical (unpaired) electrons. The van der Waals surface area contributed by atoms with Crippen LogP contribution in [0.15, 0.2) is 35.5 Å². The van der Waals surface area contributed by atoms with Crippen molar-refractivity contribution in [3.63, 3.8) is 0 Å². The standard InChI is InChI=1S/C22H25F4N3O4S/c1-11-15(23)7-6-14(18(11)32-4)17-12(2)21(3,22(24,25)26)33-19(17)20(30)29-13-8-9-28-16(10-13)34(5,27)31/h6-10,12,17,19,27H,1-5H3,(H,28,29,30)/t12-,17-,19+,21+,34+/m0/s1. The first-order valence-corrected chi connectivity index (χ1v) is 12.2. The number of rotatable bonds is 5. The summed E-state index contributed by atoms with van der Waals surface area (Å²) in [5.41, 5.74) is -2.27. The number of anilines is 1. The van der Waals surface area contributed by atoms with E-state index in [2.05, 4.69) is 10.3 Å². The highest BCUT2D eigenvalue weighted by molar-refractivity contribution is 7.91. The van der Waals surface area contributed by atoms with Crippen LogP contribution < -0.4 is 10.1 Å². The maximum absolute atomic E-state index is 14.1. The Balaban J connectivity index is 2.08. The van der Waals surface area contributed by atoms with Crippen molar-refractivity contribution in [1.82, 2.24) is 4.98 Å². The summed E-state index contributed by atoms with van der Waals surface area (Å²) >= 11 is 0. The van der Waals surface area contributed by atoms with Gasteiger partial charge in [0.1, 0.15) is 22.7 Å². The summed E-state index contributed by atoms with van der Waals surface area (Å²) in [5.74, 6) is -3.82. The molecule has 0 bridgehead atoms. The molecule has 1 amide bonds. The third kappa shape index (κ3) is 4.48. The number of halogens is 4. The number of nitrogens with one attached hydrogen (secondary N) is 2. The normalized spacial score (nSPS) is 26.7. The topological polar surface area (TPSA) is 101 Å². The lowest BCUT2D eigenvalue weighted by Crippen LogP contribution is -2.47. The number of methoxy groups -OCH3 is 1. The quantitative estimate of drug-likeness (QED) is 0.579. The van der Waals surface area contributed by atoms with Gasteiger partial charge in [-0.15, -0.1) is 0 Å². The van der Waals surface area contributed by atoms with Gasteiger partial charge in [-0.2, -0.15) is 13.2 Å². The molecule has 2 N–H and O–H groups in total. The molecule has 1 aliphatic rings. The lowest BCUT2D eigenvalue weighted by molar-refractivity contribution is -0.272. The van der Waals surface area contributed by atoms with Crippen LogP contribution >= 0.6 is 0 Å². The van der Waals surface area contributed by atoms with Gasteiger partial charge in [0, 0.05) is 41.1 Å². The van der Waals surface area contributed by atoms with Crippen molar-refractivity contribution in [2.24, 2.45) is 5.92 Å². The molecule has 1 aromatic carbocycles. The molecule has 1 aliphatic heterocycles. The number of hydrogen-bond acceptors (Lipinski definition) is 6. The van der Waals surface area contributed by atoms with Crippen LogP contribution in [-0.4, -0.2) is 46.3 Å². The van der Waals surface area contributed by atoms with E-state index in [9.17, 15) is 26.6 Å². The highest BCUT2D eigenvalue weighted by Crippen LogP contribution is 2.55. The van der Waals surface area contributed by atoms with Crippen LogP contribution in [-0.2, 0) is 19.3 Å². The molecule has 1 aromatic heterocycles. The Morgan fingerprint density at radius 1 is 1.32 bits per heavy atom. The van der Waals surface area contributed by atoms with E-state index < -0.39 is 51.2 Å². The van der Waals surface area contributed by atoms with Gasteiger partial charge in [0.25, 0.3) is 5.91 Å². The number of benzene rings is 1. The molecular formula is C22H25F4N3O4S. The van der Waals surface area contributed by atoms with E-state index in [4.69, 9.17) is 14.3 Å². The molecule has 186 valence electrons. The number of ether oxygens (including phenoxy) is 2. The van der Waals surface area contributed by atoms with E-state index in [0.717, 1.165) is 19.2 Å². The number of carbonyl (C=O) groups excluding carboxylic acids is 1. The van der Waals surface area contributed by atoms with Gasteiger partial charge < -0.3 is 14.8 Å². The predicted molar refractivity (Wildman–Crippen MR) is 117 cm³/mol. The fourth-order valence-electron chi connectivity index (χ4n) is 4.16. The van der Waals surface area contributed by atoms with Gasteiger partial charge in [0.15, 0.2) is 5.60 Å². The number of amides is 1. The van der Waals surface area contributed by atoms with Crippen LogP contribution in [0.2, 0.25) is 0 Å². The van der Waals surface area contributed by atoms with Gasteiger partial charge in [0.2, 0.25) is 0 Å². The largest absolute Gasteiger partial charge is 0.496 e. The Morgan fingerprint density at radius 2 is 1.97 bits per heavy atom. The fourth-order valence-corrected chi connectivity index (χ4v) is 4.77. The van der Waals surface area contributed by atoms with Crippen LogP contribution in [0.1, 0.15) is 30.9 Å². The molecule has 7 nitrogen and oxygen atoms in total. The highest BCUT2D eigenvalue weighted by Gasteiger charge is 2.65. The molecule has 2 heterocycles. The van der Waals surface area contributed by atoms with Crippen molar-refractivity contribution in [2.45, 2.75) is 49.6 Å². The van der Waals surface area contributed by atoms with Crippen LogP contribution in [0, 0.1) is 23.4 Å². The second kappa shape index (κ2) is 8.81. The molecule has 5 atom stereocenters. The second-order valence-electron chi connectivity index (χ2n) is 8.47. The molecule has 0 saturated carbocycles. The number of alkyl halides is 3. The van der Waals surface area contributed by atoms with Crippen molar-refractivity contribution >= 4 is 21.3 Å². The molecule has 34 heavy (non-hydrogen) atoms. The maximum Gasteiger partial charge on any atom is 0.417 e. The van der Waals surface area contributed by atoms with Gasteiger partial charge in [-0.3, -0.25) is 4.79 Å². The minimum atomic E-state index is -4.80. The van der Waals surface area contributed by atoms with E-state index in [-0.39, 0.29) is 27.6 Å². The third-order valence-corrected chi connectivity index (χ3v) is 7.28. The number of nitrogens with zero attached hydrogens (tertiary/aromatic N) is 1. The molecule has 0 aliphatic carbocycles.